The van der Waals surface area contributed by atoms with Crippen LogP contribution in [0.1, 0.15) is 35.0 Å². The molecule has 0 amide bonds. The Bertz CT molecular complexity index is 1090. The van der Waals surface area contributed by atoms with Gasteiger partial charge in [0, 0.05) is 30.9 Å². The summed E-state index contributed by atoms with van der Waals surface area (Å²) in [6, 6.07) is 23.6. The lowest BCUT2D eigenvalue weighted by Crippen LogP contribution is -2.69. The average Bonchev–Trinajstić information content (AvgIpc) is 3.41. The number of benzene rings is 2. The van der Waals surface area contributed by atoms with Crippen LogP contribution in [-0.2, 0) is 16.0 Å². The van der Waals surface area contributed by atoms with Crippen molar-refractivity contribution in [2.45, 2.75) is 44.4 Å². The number of carbonyl (C=O) groups is 2. The highest BCUT2D eigenvalue weighted by atomic mass is 32.1. The maximum atomic E-state index is 13.5. The highest BCUT2D eigenvalue weighted by Crippen LogP contribution is 2.40. The van der Waals surface area contributed by atoms with Gasteiger partial charge in [-0.3, -0.25) is 4.79 Å². The molecule has 35 heavy (non-hydrogen) atoms. The summed E-state index contributed by atoms with van der Waals surface area (Å²) in [7, 11) is 0. The third-order valence-corrected chi connectivity index (χ3v) is 8.71. The van der Waals surface area contributed by atoms with Crippen LogP contribution in [-0.4, -0.2) is 54.1 Å². The van der Waals surface area contributed by atoms with Crippen molar-refractivity contribution < 1.29 is 18.8 Å². The van der Waals surface area contributed by atoms with Crippen LogP contribution in [0.25, 0.3) is 0 Å². The van der Waals surface area contributed by atoms with E-state index in [-0.39, 0.29) is 17.9 Å². The summed E-state index contributed by atoms with van der Waals surface area (Å²) in [5.74, 6) is 0.344. The van der Waals surface area contributed by atoms with Crippen molar-refractivity contribution in [3.8, 4) is 0 Å². The first-order chi connectivity index (χ1) is 17.0. The Kier molecular flexibility index (Phi) is 7.02. The Morgan fingerprint density at radius 3 is 2.49 bits per heavy atom. The Hall–Kier alpha value is -2.96. The molecular weight excluding hydrogens is 456 g/mol. The normalized spacial score (nSPS) is 26.1. The van der Waals surface area contributed by atoms with Gasteiger partial charge in [-0.1, -0.05) is 54.6 Å². The molecule has 0 aliphatic carbocycles. The molecule has 4 heterocycles. The van der Waals surface area contributed by atoms with Crippen LogP contribution < -0.4 is 5.32 Å². The summed E-state index contributed by atoms with van der Waals surface area (Å²) < 4.78 is 6.97. The second kappa shape index (κ2) is 10.3. The lowest BCUT2D eigenvalue weighted by Gasteiger charge is -2.55. The predicted octanol–water partition coefficient (Wildman–Crippen LogP) is 5.19. The zero-order chi connectivity index (χ0) is 24.3. The van der Waals surface area contributed by atoms with Crippen molar-refractivity contribution in [1.82, 2.24) is 0 Å². The smallest absolute Gasteiger partial charge is 0.329 e. The number of carbonyl (C=O) groups excluding carboxylic acids is 2. The number of nitrogens with zero attached hydrogens (tertiary/aromatic N) is 1. The number of ether oxygens (including phenoxy) is 1. The van der Waals surface area contributed by atoms with Gasteiger partial charge in [0.05, 0.1) is 17.5 Å². The molecule has 5 unspecified atom stereocenters. The van der Waals surface area contributed by atoms with E-state index in [1.807, 2.05) is 78.2 Å². The van der Waals surface area contributed by atoms with Gasteiger partial charge < -0.3 is 14.5 Å². The topological polar surface area (TPSA) is 55.4 Å². The number of para-hydroxylation sites is 1. The number of fused-ring (bicyclic) bond motifs is 3. The molecule has 3 aliphatic rings. The van der Waals surface area contributed by atoms with E-state index in [0.29, 0.717) is 24.9 Å². The number of quaternary nitrogens is 1. The first-order valence-electron chi connectivity index (χ1n) is 12.5. The molecule has 1 aromatic heterocycles. The van der Waals surface area contributed by atoms with E-state index in [2.05, 4.69) is 12.2 Å². The van der Waals surface area contributed by atoms with E-state index >= 15 is 0 Å². The van der Waals surface area contributed by atoms with Gasteiger partial charge in [-0.25, -0.2) is 4.79 Å². The molecule has 6 heteroatoms. The van der Waals surface area contributed by atoms with Gasteiger partial charge in [-0.2, -0.15) is 0 Å². The SMILES string of the molecule is CC1CC2CC[N+]1(CC(=O)c1cccs1)CC2OC(=O)C(Cc1ccccc1)Nc1ccccc1. The third kappa shape index (κ3) is 5.34. The molecule has 0 saturated carbocycles. The van der Waals surface area contributed by atoms with Crippen molar-refractivity contribution in [2.24, 2.45) is 5.92 Å². The van der Waals surface area contributed by atoms with E-state index in [9.17, 15) is 9.59 Å². The van der Waals surface area contributed by atoms with Gasteiger partial charge in [0.1, 0.15) is 19.1 Å². The van der Waals surface area contributed by atoms with Crippen LogP contribution in [0.3, 0.4) is 0 Å². The number of rotatable bonds is 9. The van der Waals surface area contributed by atoms with E-state index < -0.39 is 6.04 Å². The molecule has 5 nitrogen and oxygen atoms in total. The Morgan fingerprint density at radius 2 is 1.80 bits per heavy atom. The zero-order valence-electron chi connectivity index (χ0n) is 20.1. The fraction of sp³-hybridized carbons (Fsp3) is 0.379. The number of esters is 1. The highest BCUT2D eigenvalue weighted by molar-refractivity contribution is 7.12. The number of nitrogens with one attached hydrogen (secondary N) is 1. The van der Waals surface area contributed by atoms with E-state index in [1.54, 1.807) is 0 Å². The monoisotopic (exact) mass is 489 g/mol. The van der Waals surface area contributed by atoms with Crippen LogP contribution in [0.15, 0.2) is 78.2 Å². The number of hydrogen-bond donors (Lipinski definition) is 1. The Labute approximate surface area is 211 Å². The standard InChI is InChI=1S/C29H33N2O3S/c1-21-17-23-14-15-31(21,19-26(32)28-13-8-16-35-28)20-27(23)34-29(33)25(18-22-9-4-2-5-10-22)30-24-11-6-3-7-12-24/h2-13,16,21,23,25,27,30H,14-15,17-20H2,1H3/q+1. The van der Waals surface area contributed by atoms with Crippen LogP contribution in [0.4, 0.5) is 5.69 Å². The summed E-state index contributed by atoms with van der Waals surface area (Å²) in [6.07, 6.45) is 2.39. The van der Waals surface area contributed by atoms with Crippen molar-refractivity contribution in [1.29, 1.82) is 0 Å². The van der Waals surface area contributed by atoms with E-state index in [0.717, 1.165) is 46.5 Å². The van der Waals surface area contributed by atoms with Gasteiger partial charge in [0.25, 0.3) is 0 Å². The van der Waals surface area contributed by atoms with Gasteiger partial charge in [-0.05, 0) is 36.1 Å². The molecule has 2 aromatic carbocycles. The number of hydrogen-bond acceptors (Lipinski definition) is 5. The van der Waals surface area contributed by atoms with Crippen LogP contribution >= 0.6 is 11.3 Å². The molecule has 3 aromatic rings. The molecule has 3 saturated heterocycles. The molecule has 3 fully saturated rings. The summed E-state index contributed by atoms with van der Waals surface area (Å²) in [6.45, 7) is 4.43. The number of Topliss-reactive ketones (excluding diaryl/α,β-unsaturated/α-hetero) is 1. The van der Waals surface area contributed by atoms with Crippen molar-refractivity contribution >= 4 is 28.8 Å². The summed E-state index contributed by atoms with van der Waals surface area (Å²) in [4.78, 5) is 27.4. The molecule has 0 spiro atoms. The van der Waals surface area contributed by atoms with Crippen molar-refractivity contribution in [3.63, 3.8) is 0 Å². The third-order valence-electron chi connectivity index (χ3n) is 7.80. The van der Waals surface area contributed by atoms with Gasteiger partial charge in [-0.15, -0.1) is 11.3 Å². The van der Waals surface area contributed by atoms with Crippen molar-refractivity contribution in [2.75, 3.05) is 25.0 Å². The fourth-order valence-corrected chi connectivity index (χ4v) is 6.44. The lowest BCUT2D eigenvalue weighted by atomic mass is 9.78. The molecule has 6 rings (SSSR count). The lowest BCUT2D eigenvalue weighted by molar-refractivity contribution is -0.960. The molecule has 182 valence electrons. The average molecular weight is 490 g/mol. The maximum absolute atomic E-state index is 13.5. The number of piperidine rings is 3. The van der Waals surface area contributed by atoms with Gasteiger partial charge >= 0.3 is 5.97 Å². The second-order valence-electron chi connectivity index (χ2n) is 10.0. The first-order valence-corrected chi connectivity index (χ1v) is 13.4. The van der Waals surface area contributed by atoms with E-state index in [4.69, 9.17) is 4.74 Å². The van der Waals surface area contributed by atoms with Crippen LogP contribution in [0.2, 0.25) is 0 Å². The molecule has 2 bridgehead atoms. The summed E-state index contributed by atoms with van der Waals surface area (Å²) >= 11 is 1.51. The summed E-state index contributed by atoms with van der Waals surface area (Å²) in [5, 5.41) is 5.35. The van der Waals surface area contributed by atoms with Crippen molar-refractivity contribution in [3.05, 3.63) is 88.6 Å². The Morgan fingerprint density at radius 1 is 1.06 bits per heavy atom. The molecule has 5 atom stereocenters. The van der Waals surface area contributed by atoms with Crippen LogP contribution in [0.5, 0.6) is 0 Å². The highest BCUT2D eigenvalue weighted by Gasteiger charge is 2.52. The minimum atomic E-state index is -0.478. The minimum Gasteiger partial charge on any atom is -0.455 e. The van der Waals surface area contributed by atoms with Crippen LogP contribution in [0, 0.1) is 5.92 Å². The molecule has 1 N–H and O–H groups in total. The molecule has 3 aliphatic heterocycles. The molecule has 0 radical (unpaired) electrons. The Balaban J connectivity index is 1.31. The fourth-order valence-electron chi connectivity index (χ4n) is 5.78. The van der Waals surface area contributed by atoms with Gasteiger partial charge in [0.15, 0.2) is 6.10 Å². The number of ketones is 1. The quantitative estimate of drug-likeness (QED) is 0.255. The number of thiophene rings is 1. The largest absolute Gasteiger partial charge is 0.455 e. The summed E-state index contributed by atoms with van der Waals surface area (Å²) in [5.41, 5.74) is 1.99. The van der Waals surface area contributed by atoms with Gasteiger partial charge in [0.2, 0.25) is 5.78 Å². The number of anilines is 1. The van der Waals surface area contributed by atoms with E-state index in [1.165, 1.54) is 11.3 Å². The first kappa shape index (κ1) is 23.8. The maximum Gasteiger partial charge on any atom is 0.329 e. The molecular formula is C29H33N2O3S+. The predicted molar refractivity (Wildman–Crippen MR) is 140 cm³/mol. The minimum absolute atomic E-state index is 0.153. The zero-order valence-corrected chi connectivity index (χ0v) is 21.0. The second-order valence-corrected chi connectivity index (χ2v) is 11.0.